The number of hydrogen-bond donors (Lipinski definition) is 1. The molecular formula is C23H24N2O. The molecule has 0 amide bonds. The van der Waals surface area contributed by atoms with Gasteiger partial charge in [-0.15, -0.1) is 0 Å². The lowest BCUT2D eigenvalue weighted by Crippen LogP contribution is -2.08. The van der Waals surface area contributed by atoms with E-state index >= 15 is 0 Å². The molecule has 0 atom stereocenters. The van der Waals surface area contributed by atoms with Crippen LogP contribution in [-0.2, 0) is 0 Å². The molecule has 0 spiro atoms. The molecule has 1 N–H and O–H groups in total. The van der Waals surface area contributed by atoms with Gasteiger partial charge in [-0.1, -0.05) is 56.2 Å². The van der Waals surface area contributed by atoms with Crippen LogP contribution in [0, 0.1) is 11.3 Å². The molecule has 0 heterocycles. The maximum absolute atomic E-state index is 11.8. The summed E-state index contributed by atoms with van der Waals surface area (Å²) in [5.41, 5.74) is 4.80. The van der Waals surface area contributed by atoms with Crippen LogP contribution in [0.4, 0.5) is 5.69 Å². The van der Waals surface area contributed by atoms with Gasteiger partial charge in [0.1, 0.15) is 0 Å². The number of anilines is 1. The van der Waals surface area contributed by atoms with Gasteiger partial charge >= 0.3 is 0 Å². The minimum Gasteiger partial charge on any atom is -0.355 e. The minimum atomic E-state index is 0.00825. The van der Waals surface area contributed by atoms with E-state index < -0.39 is 0 Å². The van der Waals surface area contributed by atoms with Crippen LogP contribution in [0.5, 0.6) is 0 Å². The van der Waals surface area contributed by atoms with Gasteiger partial charge < -0.3 is 5.32 Å². The third kappa shape index (κ3) is 3.86. The van der Waals surface area contributed by atoms with Gasteiger partial charge in [0.05, 0.1) is 11.6 Å². The van der Waals surface area contributed by atoms with Crippen LogP contribution in [0.15, 0.2) is 49.0 Å². The molecule has 0 aliphatic heterocycles. The van der Waals surface area contributed by atoms with Crippen LogP contribution >= 0.6 is 0 Å². The van der Waals surface area contributed by atoms with E-state index in [0.717, 1.165) is 22.4 Å². The summed E-state index contributed by atoms with van der Waals surface area (Å²) in [7, 11) is 0. The number of carbonyl (C=O) groups excluding carboxylic acids is 1. The van der Waals surface area contributed by atoms with E-state index in [2.05, 4.69) is 24.0 Å². The summed E-state index contributed by atoms with van der Waals surface area (Å²) < 4.78 is 0. The Hall–Kier alpha value is -2.86. The number of rotatable bonds is 5. The average Bonchev–Trinajstić information content (AvgIpc) is 2.68. The predicted molar refractivity (Wildman–Crippen MR) is 106 cm³/mol. The topological polar surface area (TPSA) is 52.9 Å². The Kier molecular flexibility index (Phi) is 5.53. The van der Waals surface area contributed by atoms with Gasteiger partial charge in [0.15, 0.2) is 5.78 Å². The third-order valence-corrected chi connectivity index (χ3v) is 5.15. The fourth-order valence-corrected chi connectivity index (χ4v) is 3.80. The maximum Gasteiger partial charge on any atom is 0.160 e. The zero-order chi connectivity index (χ0) is 18.5. The normalized spacial score (nSPS) is 14.5. The Morgan fingerprint density at radius 2 is 1.81 bits per heavy atom. The van der Waals surface area contributed by atoms with Crippen LogP contribution in [-0.4, -0.2) is 5.78 Å². The fourth-order valence-electron chi connectivity index (χ4n) is 3.80. The number of nitriles is 1. The van der Waals surface area contributed by atoms with Crippen molar-refractivity contribution < 1.29 is 4.79 Å². The van der Waals surface area contributed by atoms with E-state index in [1.54, 1.807) is 13.0 Å². The van der Waals surface area contributed by atoms with E-state index in [9.17, 15) is 10.1 Å². The monoisotopic (exact) mass is 344 g/mol. The molecule has 3 nitrogen and oxygen atoms in total. The van der Waals surface area contributed by atoms with E-state index in [0.29, 0.717) is 17.2 Å². The molecule has 0 bridgehead atoms. The Morgan fingerprint density at radius 1 is 1.12 bits per heavy atom. The Labute approximate surface area is 155 Å². The van der Waals surface area contributed by atoms with Crippen LogP contribution in [0.1, 0.15) is 72.0 Å². The fraction of sp³-hybridized carbons (Fsp3) is 0.304. The SMILES string of the molecule is C=C(Nc1ccc(C2CCCCC2)c(C#N)c1)c1ccccc1C(C)=O. The molecule has 1 aliphatic carbocycles. The number of carbonyl (C=O) groups is 1. The number of nitrogens with zero attached hydrogens (tertiary/aromatic N) is 1. The molecule has 1 saturated carbocycles. The van der Waals surface area contributed by atoms with Gasteiger partial charge in [-0.2, -0.15) is 5.26 Å². The first-order chi connectivity index (χ1) is 12.6. The van der Waals surface area contributed by atoms with Crippen molar-refractivity contribution in [3.05, 3.63) is 71.3 Å². The van der Waals surface area contributed by atoms with Crippen molar-refractivity contribution in [1.29, 1.82) is 5.26 Å². The van der Waals surface area contributed by atoms with Gasteiger partial charge in [0.25, 0.3) is 0 Å². The van der Waals surface area contributed by atoms with Gasteiger partial charge in [0, 0.05) is 22.5 Å². The summed E-state index contributed by atoms with van der Waals surface area (Å²) in [6.07, 6.45) is 6.12. The second kappa shape index (κ2) is 8.01. The second-order valence-electron chi connectivity index (χ2n) is 6.95. The first-order valence-corrected chi connectivity index (χ1v) is 9.20. The molecule has 1 aliphatic rings. The molecule has 2 aromatic rings. The van der Waals surface area contributed by atoms with E-state index in [1.807, 2.05) is 30.3 Å². The van der Waals surface area contributed by atoms with Crippen LogP contribution < -0.4 is 5.32 Å². The third-order valence-electron chi connectivity index (χ3n) is 5.15. The van der Waals surface area contributed by atoms with Gasteiger partial charge in [0.2, 0.25) is 0 Å². The summed E-state index contributed by atoms with van der Waals surface area (Å²) in [5.74, 6) is 0.503. The summed E-state index contributed by atoms with van der Waals surface area (Å²) >= 11 is 0. The highest BCUT2D eigenvalue weighted by molar-refractivity contribution is 5.99. The van der Waals surface area contributed by atoms with Gasteiger partial charge in [-0.05, 0) is 43.4 Å². The Morgan fingerprint density at radius 3 is 2.46 bits per heavy atom. The largest absolute Gasteiger partial charge is 0.355 e. The van der Waals surface area contributed by atoms with E-state index in [-0.39, 0.29) is 5.78 Å². The summed E-state index contributed by atoms with van der Waals surface area (Å²) in [6.45, 7) is 5.64. The number of benzene rings is 2. The molecule has 3 rings (SSSR count). The molecule has 0 saturated heterocycles. The smallest absolute Gasteiger partial charge is 0.160 e. The van der Waals surface area contributed by atoms with E-state index in [1.165, 1.54) is 32.1 Å². The van der Waals surface area contributed by atoms with Crippen molar-refractivity contribution >= 4 is 17.2 Å². The number of ketones is 1. The highest BCUT2D eigenvalue weighted by atomic mass is 16.1. The molecule has 0 unspecified atom stereocenters. The van der Waals surface area contributed by atoms with Crippen LogP contribution in [0.25, 0.3) is 5.70 Å². The molecule has 1 fully saturated rings. The molecule has 0 aromatic heterocycles. The Bertz CT molecular complexity index is 870. The molecule has 26 heavy (non-hydrogen) atoms. The Balaban J connectivity index is 1.83. The molecule has 3 heteroatoms. The molecular weight excluding hydrogens is 320 g/mol. The van der Waals surface area contributed by atoms with Crippen LogP contribution in [0.2, 0.25) is 0 Å². The zero-order valence-corrected chi connectivity index (χ0v) is 15.2. The highest BCUT2D eigenvalue weighted by Gasteiger charge is 2.19. The summed E-state index contributed by atoms with van der Waals surface area (Å²) in [4.78, 5) is 11.8. The lowest BCUT2D eigenvalue weighted by atomic mass is 9.82. The van der Waals surface area contributed by atoms with Crippen molar-refractivity contribution in [1.82, 2.24) is 0 Å². The lowest BCUT2D eigenvalue weighted by Gasteiger charge is -2.23. The van der Waals surface area contributed by atoms with Gasteiger partial charge in [-0.25, -0.2) is 0 Å². The summed E-state index contributed by atoms with van der Waals surface area (Å²) in [5, 5.41) is 12.9. The number of nitrogens with one attached hydrogen (secondary N) is 1. The standard InChI is InChI=1S/C23H24N2O/c1-16(21-10-6-7-11-22(21)17(2)26)25-20-12-13-23(19(14-20)15-24)18-8-4-3-5-9-18/h6-7,10-14,18,25H,1,3-5,8-9H2,2H3. The van der Waals surface area contributed by atoms with Crippen molar-refractivity contribution in [2.45, 2.75) is 44.9 Å². The predicted octanol–water partition coefficient (Wildman–Crippen LogP) is 5.89. The highest BCUT2D eigenvalue weighted by Crippen LogP contribution is 2.35. The number of Topliss-reactive ketones (excluding diaryl/α,β-unsaturated/α-hetero) is 1. The molecule has 2 aromatic carbocycles. The maximum atomic E-state index is 11.8. The first kappa shape index (κ1) is 17.9. The second-order valence-corrected chi connectivity index (χ2v) is 6.95. The average molecular weight is 344 g/mol. The first-order valence-electron chi connectivity index (χ1n) is 9.20. The number of hydrogen-bond acceptors (Lipinski definition) is 3. The van der Waals surface area contributed by atoms with Gasteiger partial charge in [-0.3, -0.25) is 4.79 Å². The lowest BCUT2D eigenvalue weighted by molar-refractivity contribution is 0.101. The van der Waals surface area contributed by atoms with Crippen molar-refractivity contribution in [3.8, 4) is 6.07 Å². The molecule has 0 radical (unpaired) electrons. The van der Waals surface area contributed by atoms with Crippen molar-refractivity contribution in [2.75, 3.05) is 5.32 Å². The van der Waals surface area contributed by atoms with E-state index in [4.69, 9.17) is 0 Å². The summed E-state index contributed by atoms with van der Waals surface area (Å²) in [6, 6.07) is 15.7. The van der Waals surface area contributed by atoms with Crippen LogP contribution in [0.3, 0.4) is 0 Å². The zero-order valence-electron chi connectivity index (χ0n) is 15.2. The van der Waals surface area contributed by atoms with Crippen molar-refractivity contribution in [2.24, 2.45) is 0 Å². The minimum absolute atomic E-state index is 0.00825. The quantitative estimate of drug-likeness (QED) is 0.688. The van der Waals surface area contributed by atoms with Crippen molar-refractivity contribution in [3.63, 3.8) is 0 Å². The molecule has 132 valence electrons.